The molecule has 2 amide bonds. The van der Waals surface area contributed by atoms with Crippen LogP contribution in [0.5, 0.6) is 0 Å². The number of halogens is 1. The normalized spacial score (nSPS) is 10.2. The number of nitrogens with two attached hydrogens (primary N) is 1. The summed E-state index contributed by atoms with van der Waals surface area (Å²) in [4.78, 5) is 22.2. The van der Waals surface area contributed by atoms with E-state index in [0.717, 1.165) is 24.8 Å². The van der Waals surface area contributed by atoms with Crippen LogP contribution in [0.25, 0.3) is 0 Å². The van der Waals surface area contributed by atoms with Crippen molar-refractivity contribution in [3.63, 3.8) is 0 Å². The van der Waals surface area contributed by atoms with Gasteiger partial charge in [0, 0.05) is 18.0 Å². The number of rotatable bonds is 8. The number of amides is 2. The van der Waals surface area contributed by atoms with E-state index in [2.05, 4.69) is 5.32 Å². The van der Waals surface area contributed by atoms with Gasteiger partial charge in [-0.3, -0.25) is 9.59 Å². The van der Waals surface area contributed by atoms with Crippen LogP contribution in [0.2, 0.25) is 5.02 Å². The molecule has 0 radical (unpaired) electrons. The number of unbranched alkanes of at least 4 members (excludes halogenated alkanes) is 2. The second-order valence-electron chi connectivity index (χ2n) is 4.40. The van der Waals surface area contributed by atoms with E-state index in [1.54, 1.807) is 6.07 Å². The summed E-state index contributed by atoms with van der Waals surface area (Å²) in [7, 11) is 0. The average molecular weight is 283 g/mol. The van der Waals surface area contributed by atoms with Gasteiger partial charge in [-0.2, -0.15) is 0 Å². The van der Waals surface area contributed by atoms with Gasteiger partial charge in [0.1, 0.15) is 0 Å². The van der Waals surface area contributed by atoms with Gasteiger partial charge in [-0.25, -0.2) is 0 Å². The van der Waals surface area contributed by atoms with Crippen molar-refractivity contribution in [3.8, 4) is 0 Å². The van der Waals surface area contributed by atoms with E-state index < -0.39 is 0 Å². The molecule has 4 nitrogen and oxygen atoms in total. The van der Waals surface area contributed by atoms with Gasteiger partial charge in [-0.05, 0) is 24.5 Å². The van der Waals surface area contributed by atoms with E-state index >= 15 is 0 Å². The van der Waals surface area contributed by atoms with E-state index in [1.807, 2.05) is 18.2 Å². The van der Waals surface area contributed by atoms with E-state index in [4.69, 9.17) is 17.3 Å². The largest absolute Gasteiger partial charge is 0.370 e. The summed E-state index contributed by atoms with van der Waals surface area (Å²) in [5, 5.41) is 3.44. The van der Waals surface area contributed by atoms with Crippen LogP contribution in [-0.2, 0) is 16.0 Å². The number of primary amides is 1. The van der Waals surface area contributed by atoms with Gasteiger partial charge in [0.25, 0.3) is 0 Å². The van der Waals surface area contributed by atoms with Crippen LogP contribution in [0.4, 0.5) is 0 Å². The summed E-state index contributed by atoms with van der Waals surface area (Å²) in [5.74, 6) is -0.314. The topological polar surface area (TPSA) is 72.2 Å². The summed E-state index contributed by atoms with van der Waals surface area (Å²) in [5.41, 5.74) is 5.86. The second-order valence-corrected chi connectivity index (χ2v) is 4.80. The molecule has 0 saturated carbocycles. The second kappa shape index (κ2) is 8.53. The van der Waals surface area contributed by atoms with E-state index in [9.17, 15) is 9.59 Å². The Morgan fingerprint density at radius 2 is 1.89 bits per heavy atom. The van der Waals surface area contributed by atoms with Gasteiger partial charge < -0.3 is 11.1 Å². The molecule has 0 atom stereocenters. The van der Waals surface area contributed by atoms with E-state index in [-0.39, 0.29) is 11.8 Å². The van der Waals surface area contributed by atoms with Crippen molar-refractivity contribution in [1.82, 2.24) is 5.32 Å². The van der Waals surface area contributed by atoms with Crippen molar-refractivity contribution >= 4 is 23.4 Å². The van der Waals surface area contributed by atoms with Crippen LogP contribution in [-0.4, -0.2) is 18.4 Å². The summed E-state index contributed by atoms with van der Waals surface area (Å²) in [6, 6.07) is 7.31. The fraction of sp³-hybridized carbons (Fsp3) is 0.429. The minimum absolute atomic E-state index is 0.0389. The standard InChI is InChI=1S/C14H19ClN2O2/c15-12-7-4-3-6-11(12)10-14(19)17-9-5-1-2-8-13(16)18/h3-4,6-7H,1-2,5,8-10H2,(H2,16,18)(H,17,19). The number of benzene rings is 1. The minimum Gasteiger partial charge on any atom is -0.370 e. The summed E-state index contributed by atoms with van der Waals surface area (Å²) >= 11 is 5.98. The first-order valence-corrected chi connectivity index (χ1v) is 6.76. The van der Waals surface area contributed by atoms with Crippen molar-refractivity contribution < 1.29 is 9.59 Å². The Kier molecular flexibility index (Phi) is 6.97. The van der Waals surface area contributed by atoms with Crippen molar-refractivity contribution in [2.45, 2.75) is 32.1 Å². The molecule has 3 N–H and O–H groups in total. The Bertz CT molecular complexity index is 435. The number of nitrogens with one attached hydrogen (secondary N) is 1. The predicted octanol–water partition coefficient (Wildman–Crippen LogP) is 2.04. The molecule has 5 heteroatoms. The molecule has 104 valence electrons. The Labute approximate surface area is 118 Å². The maximum absolute atomic E-state index is 11.7. The Balaban J connectivity index is 2.15. The highest BCUT2D eigenvalue weighted by molar-refractivity contribution is 6.31. The molecule has 19 heavy (non-hydrogen) atoms. The lowest BCUT2D eigenvalue weighted by Crippen LogP contribution is -2.26. The third-order valence-corrected chi connectivity index (χ3v) is 3.10. The smallest absolute Gasteiger partial charge is 0.224 e. The molecule has 0 fully saturated rings. The Hall–Kier alpha value is -1.55. The van der Waals surface area contributed by atoms with Crippen molar-refractivity contribution in [1.29, 1.82) is 0 Å². The summed E-state index contributed by atoms with van der Waals surface area (Å²) < 4.78 is 0. The summed E-state index contributed by atoms with van der Waals surface area (Å²) in [6.45, 7) is 0.613. The molecule has 0 aliphatic carbocycles. The van der Waals surface area contributed by atoms with Crippen LogP contribution in [0, 0.1) is 0 Å². The molecule has 1 aromatic carbocycles. The van der Waals surface area contributed by atoms with Gasteiger partial charge in [-0.15, -0.1) is 0 Å². The van der Waals surface area contributed by atoms with Gasteiger partial charge in [0.05, 0.1) is 6.42 Å². The third kappa shape index (κ3) is 6.82. The molecule has 0 aliphatic rings. The number of hydrogen-bond donors (Lipinski definition) is 2. The van der Waals surface area contributed by atoms with Crippen LogP contribution >= 0.6 is 11.6 Å². The van der Waals surface area contributed by atoms with Gasteiger partial charge in [0.15, 0.2) is 0 Å². The van der Waals surface area contributed by atoms with Crippen LogP contribution in [0.15, 0.2) is 24.3 Å². The van der Waals surface area contributed by atoms with Gasteiger partial charge in [0.2, 0.25) is 11.8 Å². The fourth-order valence-corrected chi connectivity index (χ4v) is 1.91. The average Bonchev–Trinajstić information content (AvgIpc) is 2.36. The zero-order valence-electron chi connectivity index (χ0n) is 10.8. The molecule has 1 aromatic rings. The first-order chi connectivity index (χ1) is 9.09. The SMILES string of the molecule is NC(=O)CCCCCNC(=O)Cc1ccccc1Cl. The predicted molar refractivity (Wildman–Crippen MR) is 75.8 cm³/mol. The Morgan fingerprint density at radius 3 is 2.58 bits per heavy atom. The number of carbonyl (C=O) groups is 2. The minimum atomic E-state index is -0.275. The Morgan fingerprint density at radius 1 is 1.16 bits per heavy atom. The third-order valence-electron chi connectivity index (χ3n) is 2.73. The molecular formula is C14H19ClN2O2. The maximum atomic E-state index is 11.7. The first-order valence-electron chi connectivity index (χ1n) is 6.38. The monoisotopic (exact) mass is 282 g/mol. The van der Waals surface area contributed by atoms with E-state index in [1.165, 1.54) is 0 Å². The number of carbonyl (C=O) groups excluding carboxylic acids is 2. The lowest BCUT2D eigenvalue weighted by Gasteiger charge is -2.06. The molecule has 1 rings (SSSR count). The molecule has 0 spiro atoms. The number of hydrogen-bond acceptors (Lipinski definition) is 2. The van der Waals surface area contributed by atoms with Gasteiger partial charge >= 0.3 is 0 Å². The molecule has 0 unspecified atom stereocenters. The van der Waals surface area contributed by atoms with Crippen molar-refractivity contribution in [3.05, 3.63) is 34.9 Å². The van der Waals surface area contributed by atoms with Crippen molar-refractivity contribution in [2.75, 3.05) is 6.54 Å². The lowest BCUT2D eigenvalue weighted by molar-refractivity contribution is -0.120. The highest BCUT2D eigenvalue weighted by Crippen LogP contribution is 2.15. The maximum Gasteiger partial charge on any atom is 0.224 e. The van der Waals surface area contributed by atoms with Gasteiger partial charge in [-0.1, -0.05) is 36.2 Å². The zero-order valence-corrected chi connectivity index (χ0v) is 11.6. The fourth-order valence-electron chi connectivity index (χ4n) is 1.71. The highest BCUT2D eigenvalue weighted by Gasteiger charge is 2.05. The molecule has 0 aliphatic heterocycles. The summed E-state index contributed by atoms with van der Waals surface area (Å²) in [6.07, 6.45) is 3.21. The van der Waals surface area contributed by atoms with Crippen LogP contribution in [0.3, 0.4) is 0 Å². The van der Waals surface area contributed by atoms with E-state index in [0.29, 0.717) is 24.4 Å². The quantitative estimate of drug-likeness (QED) is 0.716. The zero-order chi connectivity index (χ0) is 14.1. The molecular weight excluding hydrogens is 264 g/mol. The molecule has 0 aromatic heterocycles. The van der Waals surface area contributed by atoms with Crippen LogP contribution in [0.1, 0.15) is 31.2 Å². The first kappa shape index (κ1) is 15.5. The molecule has 0 bridgehead atoms. The lowest BCUT2D eigenvalue weighted by atomic mass is 10.1. The molecule has 0 heterocycles. The van der Waals surface area contributed by atoms with Crippen LogP contribution < -0.4 is 11.1 Å². The molecule has 0 saturated heterocycles. The highest BCUT2D eigenvalue weighted by atomic mass is 35.5. The van der Waals surface area contributed by atoms with Crippen molar-refractivity contribution in [2.24, 2.45) is 5.73 Å².